The number of nitriles is 1. The summed E-state index contributed by atoms with van der Waals surface area (Å²) in [6.07, 6.45) is 9.96. The van der Waals surface area contributed by atoms with E-state index in [1.54, 1.807) is 32.3 Å². The SMILES string of the molecule is CCCCCCCCOC(=O)C1=C(C)NC(C)=C(C(=O)OCCC#N)C1c1cccnc1. The van der Waals surface area contributed by atoms with Gasteiger partial charge in [-0.1, -0.05) is 45.1 Å². The molecule has 0 fully saturated rings. The molecular weight excluding hydrogens is 406 g/mol. The first-order chi connectivity index (χ1) is 15.5. The summed E-state index contributed by atoms with van der Waals surface area (Å²) >= 11 is 0. The number of nitrogens with zero attached hydrogens (tertiary/aromatic N) is 2. The Morgan fingerprint density at radius 2 is 1.66 bits per heavy atom. The highest BCUT2D eigenvalue weighted by Gasteiger charge is 2.38. The predicted molar refractivity (Wildman–Crippen MR) is 121 cm³/mol. The van der Waals surface area contributed by atoms with Crippen molar-refractivity contribution in [2.24, 2.45) is 0 Å². The number of carbonyl (C=O) groups excluding carboxylic acids is 2. The molecule has 0 aliphatic carbocycles. The smallest absolute Gasteiger partial charge is 0.336 e. The van der Waals surface area contributed by atoms with Gasteiger partial charge in [0.1, 0.15) is 6.61 Å². The lowest BCUT2D eigenvalue weighted by molar-refractivity contribution is -0.140. The van der Waals surface area contributed by atoms with E-state index in [-0.39, 0.29) is 13.0 Å². The number of ether oxygens (including phenoxy) is 2. The van der Waals surface area contributed by atoms with Crippen LogP contribution in [0.1, 0.15) is 77.2 Å². The first-order valence-corrected chi connectivity index (χ1v) is 11.3. The van der Waals surface area contributed by atoms with Gasteiger partial charge in [-0.3, -0.25) is 4.98 Å². The van der Waals surface area contributed by atoms with Gasteiger partial charge in [0.25, 0.3) is 0 Å². The summed E-state index contributed by atoms with van der Waals surface area (Å²) in [5.74, 6) is -1.67. The molecule has 1 unspecified atom stereocenters. The van der Waals surface area contributed by atoms with Gasteiger partial charge in [-0.2, -0.15) is 5.26 Å². The number of hydrogen-bond donors (Lipinski definition) is 1. The zero-order chi connectivity index (χ0) is 23.3. The molecule has 0 saturated carbocycles. The third-order valence-corrected chi connectivity index (χ3v) is 5.40. The molecule has 0 spiro atoms. The van der Waals surface area contributed by atoms with Gasteiger partial charge in [0.15, 0.2) is 0 Å². The molecule has 1 aromatic rings. The molecule has 1 aromatic heterocycles. The van der Waals surface area contributed by atoms with Crippen molar-refractivity contribution in [3.8, 4) is 6.07 Å². The van der Waals surface area contributed by atoms with Crippen LogP contribution in [-0.2, 0) is 19.1 Å². The second-order valence-corrected chi connectivity index (χ2v) is 7.87. The van der Waals surface area contributed by atoms with E-state index in [0.29, 0.717) is 34.7 Å². The second-order valence-electron chi connectivity index (χ2n) is 7.87. The minimum absolute atomic E-state index is 0.00756. The predicted octanol–water partition coefficient (Wildman–Crippen LogP) is 4.68. The van der Waals surface area contributed by atoms with Gasteiger partial charge in [-0.05, 0) is 31.9 Å². The number of carbonyl (C=O) groups is 2. The average Bonchev–Trinajstić information content (AvgIpc) is 2.78. The molecule has 172 valence electrons. The highest BCUT2D eigenvalue weighted by atomic mass is 16.5. The summed E-state index contributed by atoms with van der Waals surface area (Å²) in [5.41, 5.74) is 2.64. The van der Waals surface area contributed by atoms with E-state index < -0.39 is 17.9 Å². The Labute approximate surface area is 190 Å². The van der Waals surface area contributed by atoms with Gasteiger partial charge in [-0.15, -0.1) is 0 Å². The van der Waals surface area contributed by atoms with Gasteiger partial charge in [0.05, 0.1) is 36.2 Å². The first kappa shape index (κ1) is 25.1. The van der Waals surface area contributed by atoms with Crippen molar-refractivity contribution in [2.45, 2.75) is 71.6 Å². The van der Waals surface area contributed by atoms with E-state index >= 15 is 0 Å². The van der Waals surface area contributed by atoms with E-state index in [1.807, 2.05) is 12.1 Å². The standard InChI is InChI=1S/C25H33N3O4/c1-4-5-6-7-8-9-15-31-24(29)21-18(2)28-19(3)22(25(30)32-16-11-13-26)23(21)20-12-10-14-27-17-20/h10,12,14,17,23,28H,4-9,11,15-16H2,1-3H3. The largest absolute Gasteiger partial charge is 0.462 e. The summed E-state index contributed by atoms with van der Waals surface area (Å²) in [5, 5.41) is 11.9. The van der Waals surface area contributed by atoms with Crippen molar-refractivity contribution >= 4 is 11.9 Å². The Balaban J connectivity index is 2.20. The van der Waals surface area contributed by atoms with Gasteiger partial charge >= 0.3 is 11.9 Å². The number of rotatable bonds is 12. The van der Waals surface area contributed by atoms with Gasteiger partial charge in [-0.25, -0.2) is 9.59 Å². The Morgan fingerprint density at radius 3 is 2.25 bits per heavy atom. The molecule has 32 heavy (non-hydrogen) atoms. The van der Waals surface area contributed by atoms with E-state index in [0.717, 1.165) is 19.3 Å². The first-order valence-electron chi connectivity index (χ1n) is 11.3. The van der Waals surface area contributed by atoms with Crippen molar-refractivity contribution in [2.75, 3.05) is 13.2 Å². The number of nitrogens with one attached hydrogen (secondary N) is 1. The van der Waals surface area contributed by atoms with Crippen LogP contribution in [-0.4, -0.2) is 30.1 Å². The molecule has 0 aromatic carbocycles. The maximum atomic E-state index is 13.1. The molecule has 2 heterocycles. The zero-order valence-corrected chi connectivity index (χ0v) is 19.3. The van der Waals surface area contributed by atoms with Crippen LogP contribution >= 0.6 is 0 Å². The van der Waals surface area contributed by atoms with Crippen molar-refractivity contribution in [3.05, 3.63) is 52.6 Å². The van der Waals surface area contributed by atoms with Gasteiger partial charge < -0.3 is 14.8 Å². The fourth-order valence-corrected chi connectivity index (χ4v) is 3.81. The fraction of sp³-hybridized carbons (Fsp3) is 0.520. The minimum atomic E-state index is -0.656. The van der Waals surface area contributed by atoms with Crippen LogP contribution in [0.25, 0.3) is 0 Å². The quantitative estimate of drug-likeness (QED) is 0.373. The monoisotopic (exact) mass is 439 g/mol. The summed E-state index contributed by atoms with van der Waals surface area (Å²) in [4.78, 5) is 30.2. The number of pyridine rings is 1. The Bertz CT molecular complexity index is 884. The molecule has 7 heteroatoms. The molecule has 1 aliphatic rings. The average molecular weight is 440 g/mol. The number of esters is 2. The van der Waals surface area contributed by atoms with Crippen LogP contribution in [0, 0.1) is 11.3 Å². The van der Waals surface area contributed by atoms with E-state index in [2.05, 4.69) is 17.2 Å². The highest BCUT2D eigenvalue weighted by Crippen LogP contribution is 2.38. The summed E-state index contributed by atoms with van der Waals surface area (Å²) in [6, 6.07) is 5.55. The van der Waals surface area contributed by atoms with Gasteiger partial charge in [0.2, 0.25) is 0 Å². The lowest BCUT2D eigenvalue weighted by Gasteiger charge is -2.30. The molecule has 1 atom stereocenters. The number of allylic oxidation sites excluding steroid dienone is 2. The second kappa shape index (κ2) is 13.3. The van der Waals surface area contributed by atoms with Crippen LogP contribution < -0.4 is 5.32 Å². The van der Waals surface area contributed by atoms with Crippen LogP contribution in [0.2, 0.25) is 0 Å². The van der Waals surface area contributed by atoms with Crippen molar-refractivity contribution in [1.29, 1.82) is 5.26 Å². The third-order valence-electron chi connectivity index (χ3n) is 5.40. The van der Waals surface area contributed by atoms with Crippen molar-refractivity contribution < 1.29 is 19.1 Å². The Kier molecular flexibility index (Phi) is 10.5. The van der Waals surface area contributed by atoms with Crippen LogP contribution in [0.3, 0.4) is 0 Å². The topological polar surface area (TPSA) is 101 Å². The molecule has 1 N–H and O–H groups in total. The Morgan fingerprint density at radius 1 is 1.03 bits per heavy atom. The van der Waals surface area contributed by atoms with E-state index in [1.165, 1.54) is 19.3 Å². The summed E-state index contributed by atoms with van der Waals surface area (Å²) in [7, 11) is 0. The molecule has 0 bridgehead atoms. The normalized spacial score (nSPS) is 15.8. The molecule has 7 nitrogen and oxygen atoms in total. The summed E-state index contributed by atoms with van der Waals surface area (Å²) < 4.78 is 10.9. The maximum absolute atomic E-state index is 13.1. The molecule has 1 aliphatic heterocycles. The maximum Gasteiger partial charge on any atom is 0.336 e. The number of aromatic nitrogens is 1. The van der Waals surface area contributed by atoms with E-state index in [9.17, 15) is 9.59 Å². The van der Waals surface area contributed by atoms with Crippen LogP contribution in [0.4, 0.5) is 0 Å². The fourth-order valence-electron chi connectivity index (χ4n) is 3.81. The highest BCUT2D eigenvalue weighted by molar-refractivity contribution is 5.99. The molecule has 0 radical (unpaired) electrons. The molecule has 0 amide bonds. The lowest BCUT2D eigenvalue weighted by atomic mass is 9.81. The van der Waals surface area contributed by atoms with Crippen molar-refractivity contribution in [1.82, 2.24) is 10.3 Å². The number of dihydropyridines is 1. The molecular formula is C25H33N3O4. The lowest BCUT2D eigenvalue weighted by Crippen LogP contribution is -2.32. The minimum Gasteiger partial charge on any atom is -0.462 e. The summed E-state index contributed by atoms with van der Waals surface area (Å²) in [6.45, 7) is 6.08. The number of unbranched alkanes of at least 4 members (excludes halogenated alkanes) is 5. The third kappa shape index (κ3) is 6.94. The van der Waals surface area contributed by atoms with E-state index in [4.69, 9.17) is 14.7 Å². The van der Waals surface area contributed by atoms with Gasteiger partial charge in [0, 0.05) is 23.8 Å². The van der Waals surface area contributed by atoms with Crippen molar-refractivity contribution in [3.63, 3.8) is 0 Å². The van der Waals surface area contributed by atoms with Crippen LogP contribution in [0.15, 0.2) is 47.1 Å². The Hall–Kier alpha value is -3.14. The zero-order valence-electron chi connectivity index (χ0n) is 19.3. The molecule has 0 saturated heterocycles. The molecule has 2 rings (SSSR count). The number of hydrogen-bond acceptors (Lipinski definition) is 7. The van der Waals surface area contributed by atoms with Crippen LogP contribution in [0.5, 0.6) is 0 Å².